The van der Waals surface area contributed by atoms with Crippen LogP contribution in [0.15, 0.2) is 12.1 Å². The Hall–Kier alpha value is -0.650. The molecule has 1 aromatic rings. The number of halogens is 2. The van der Waals surface area contributed by atoms with Crippen LogP contribution in [0.4, 0.5) is 0 Å². The first-order valence-electron chi connectivity index (χ1n) is 4.20. The minimum Gasteiger partial charge on any atom is -0.492 e. The van der Waals surface area contributed by atoms with Crippen LogP contribution in [0, 0.1) is 0 Å². The van der Waals surface area contributed by atoms with Gasteiger partial charge in [0.15, 0.2) is 11.5 Å². The molecule has 0 radical (unpaired) electrons. The van der Waals surface area contributed by atoms with Gasteiger partial charge in [0.1, 0.15) is 0 Å². The average Bonchev–Trinajstić information content (AvgIpc) is 2.18. The largest absolute Gasteiger partial charge is 0.492 e. The lowest BCUT2D eigenvalue weighted by atomic mass is 10.2. The second-order valence-electron chi connectivity index (χ2n) is 2.96. The van der Waals surface area contributed by atoms with Crippen LogP contribution < -0.4 is 9.47 Å². The average molecular weight is 285 g/mol. The zero-order valence-electron chi connectivity index (χ0n) is 8.66. The standard InChI is InChI=1S/C9H10Cl2O4S/c1-14-8-6(5-16(11,12)13)3-4-7(10)9(8)15-2/h3-4H,5H2,1-2H3. The van der Waals surface area contributed by atoms with E-state index in [-0.39, 0.29) is 11.5 Å². The lowest BCUT2D eigenvalue weighted by Gasteiger charge is -2.12. The smallest absolute Gasteiger partial charge is 0.236 e. The van der Waals surface area contributed by atoms with E-state index in [4.69, 9.17) is 31.8 Å². The highest BCUT2D eigenvalue weighted by Crippen LogP contribution is 2.38. The molecule has 1 aromatic carbocycles. The van der Waals surface area contributed by atoms with E-state index in [2.05, 4.69) is 0 Å². The highest BCUT2D eigenvalue weighted by molar-refractivity contribution is 8.13. The fourth-order valence-corrected chi connectivity index (χ4v) is 2.47. The summed E-state index contributed by atoms with van der Waals surface area (Å²) < 4.78 is 32.1. The Morgan fingerprint density at radius 1 is 1.19 bits per heavy atom. The Morgan fingerprint density at radius 2 is 1.75 bits per heavy atom. The molecule has 0 aliphatic carbocycles. The first kappa shape index (κ1) is 13.4. The molecule has 7 heteroatoms. The molecule has 0 N–H and O–H groups in total. The predicted molar refractivity (Wildman–Crippen MR) is 63.0 cm³/mol. The topological polar surface area (TPSA) is 52.6 Å². The zero-order chi connectivity index (χ0) is 12.3. The number of hydrogen-bond acceptors (Lipinski definition) is 4. The molecular weight excluding hydrogens is 275 g/mol. The summed E-state index contributed by atoms with van der Waals surface area (Å²) in [5.41, 5.74) is 0.402. The van der Waals surface area contributed by atoms with Crippen molar-refractivity contribution in [1.82, 2.24) is 0 Å². The Balaban J connectivity index is 3.30. The minimum absolute atomic E-state index is 0.277. The minimum atomic E-state index is -3.65. The van der Waals surface area contributed by atoms with Crippen molar-refractivity contribution < 1.29 is 17.9 Å². The van der Waals surface area contributed by atoms with Gasteiger partial charge >= 0.3 is 0 Å². The van der Waals surface area contributed by atoms with Crippen LogP contribution in [0.5, 0.6) is 11.5 Å². The molecule has 0 atom stereocenters. The molecule has 0 aliphatic rings. The van der Waals surface area contributed by atoms with Crippen molar-refractivity contribution in [2.45, 2.75) is 5.75 Å². The Kier molecular flexibility index (Phi) is 4.29. The summed E-state index contributed by atoms with van der Waals surface area (Å²) in [7, 11) is 4.34. The molecule has 0 bridgehead atoms. The van der Waals surface area contributed by atoms with Gasteiger partial charge in [0.25, 0.3) is 0 Å². The van der Waals surface area contributed by atoms with Gasteiger partial charge in [0.05, 0.1) is 25.0 Å². The van der Waals surface area contributed by atoms with E-state index in [1.807, 2.05) is 0 Å². The van der Waals surface area contributed by atoms with Crippen molar-refractivity contribution in [3.8, 4) is 11.5 Å². The van der Waals surface area contributed by atoms with Gasteiger partial charge in [0.2, 0.25) is 9.05 Å². The number of ether oxygens (including phenoxy) is 2. The van der Waals surface area contributed by atoms with Gasteiger partial charge in [-0.25, -0.2) is 8.42 Å². The summed E-state index contributed by atoms with van der Waals surface area (Å²) in [5.74, 6) is 0.229. The van der Waals surface area contributed by atoms with Gasteiger partial charge in [-0.1, -0.05) is 17.7 Å². The molecule has 16 heavy (non-hydrogen) atoms. The molecule has 0 heterocycles. The molecule has 0 saturated heterocycles. The van der Waals surface area contributed by atoms with Crippen LogP contribution in [0.25, 0.3) is 0 Å². The molecule has 1 rings (SSSR count). The van der Waals surface area contributed by atoms with Crippen molar-refractivity contribution >= 4 is 31.3 Å². The van der Waals surface area contributed by atoms with E-state index in [1.165, 1.54) is 26.4 Å². The van der Waals surface area contributed by atoms with Crippen LogP contribution in [0.3, 0.4) is 0 Å². The van der Waals surface area contributed by atoms with E-state index in [0.29, 0.717) is 16.3 Å². The molecule has 0 amide bonds. The molecule has 0 spiro atoms. The predicted octanol–water partition coefficient (Wildman–Crippen LogP) is 2.43. The number of methoxy groups -OCH3 is 2. The van der Waals surface area contributed by atoms with Crippen LogP contribution in [0.1, 0.15) is 5.56 Å². The van der Waals surface area contributed by atoms with Gasteiger partial charge in [-0.2, -0.15) is 0 Å². The summed E-state index contributed by atoms with van der Waals surface area (Å²) in [6, 6.07) is 3.06. The Labute approximate surface area is 103 Å². The monoisotopic (exact) mass is 284 g/mol. The van der Waals surface area contributed by atoms with Gasteiger partial charge in [-0.15, -0.1) is 0 Å². The first-order valence-corrected chi connectivity index (χ1v) is 7.06. The first-order chi connectivity index (χ1) is 7.39. The van der Waals surface area contributed by atoms with Crippen LogP contribution in [-0.2, 0) is 14.8 Å². The van der Waals surface area contributed by atoms with Gasteiger partial charge < -0.3 is 9.47 Å². The highest BCUT2D eigenvalue weighted by Gasteiger charge is 2.18. The molecule has 90 valence electrons. The van der Waals surface area contributed by atoms with Crippen molar-refractivity contribution in [3.05, 3.63) is 22.7 Å². The van der Waals surface area contributed by atoms with Crippen LogP contribution >= 0.6 is 22.3 Å². The highest BCUT2D eigenvalue weighted by atomic mass is 35.7. The SMILES string of the molecule is COc1c(Cl)ccc(CS(=O)(=O)Cl)c1OC. The fourth-order valence-electron chi connectivity index (χ4n) is 1.29. The lowest BCUT2D eigenvalue weighted by Crippen LogP contribution is -2.01. The number of benzene rings is 1. The Morgan fingerprint density at radius 3 is 2.19 bits per heavy atom. The molecule has 0 fully saturated rings. The second kappa shape index (κ2) is 5.12. The van der Waals surface area contributed by atoms with E-state index in [0.717, 1.165) is 0 Å². The molecule has 0 saturated carbocycles. The lowest BCUT2D eigenvalue weighted by molar-refractivity contribution is 0.353. The van der Waals surface area contributed by atoms with Gasteiger partial charge in [-0.3, -0.25) is 0 Å². The molecule has 4 nitrogen and oxygen atoms in total. The summed E-state index contributed by atoms with van der Waals surface area (Å²) in [6.45, 7) is 0. The maximum atomic E-state index is 11.0. The van der Waals surface area contributed by atoms with E-state index < -0.39 is 9.05 Å². The third-order valence-electron chi connectivity index (χ3n) is 1.88. The molecular formula is C9H10Cl2O4S. The van der Waals surface area contributed by atoms with Crippen molar-refractivity contribution in [1.29, 1.82) is 0 Å². The number of hydrogen-bond donors (Lipinski definition) is 0. The number of rotatable bonds is 4. The molecule has 0 aliphatic heterocycles. The molecule has 0 unspecified atom stereocenters. The van der Waals surface area contributed by atoms with Crippen molar-refractivity contribution in [2.75, 3.05) is 14.2 Å². The van der Waals surface area contributed by atoms with Gasteiger partial charge in [0, 0.05) is 16.2 Å². The summed E-state index contributed by atoms with van der Waals surface area (Å²) in [5, 5.41) is 0.343. The third-order valence-corrected chi connectivity index (χ3v) is 3.16. The van der Waals surface area contributed by atoms with Crippen LogP contribution in [-0.4, -0.2) is 22.6 Å². The van der Waals surface area contributed by atoms with Crippen LogP contribution in [0.2, 0.25) is 5.02 Å². The molecule has 0 aromatic heterocycles. The maximum absolute atomic E-state index is 11.0. The Bertz CT molecular complexity index is 485. The maximum Gasteiger partial charge on any atom is 0.236 e. The van der Waals surface area contributed by atoms with E-state index in [9.17, 15) is 8.42 Å². The van der Waals surface area contributed by atoms with Gasteiger partial charge in [-0.05, 0) is 6.07 Å². The van der Waals surface area contributed by atoms with E-state index >= 15 is 0 Å². The second-order valence-corrected chi connectivity index (χ2v) is 6.14. The quantitative estimate of drug-likeness (QED) is 0.797. The zero-order valence-corrected chi connectivity index (χ0v) is 11.0. The summed E-state index contributed by atoms with van der Waals surface area (Å²) >= 11 is 5.86. The summed E-state index contributed by atoms with van der Waals surface area (Å²) in [4.78, 5) is 0. The summed E-state index contributed by atoms with van der Waals surface area (Å²) in [6.07, 6.45) is 0. The van der Waals surface area contributed by atoms with E-state index in [1.54, 1.807) is 0 Å². The third kappa shape index (κ3) is 3.17. The van der Waals surface area contributed by atoms with Crippen molar-refractivity contribution in [2.24, 2.45) is 0 Å². The van der Waals surface area contributed by atoms with Crippen molar-refractivity contribution in [3.63, 3.8) is 0 Å². The normalized spacial score (nSPS) is 11.2. The fraction of sp³-hybridized carbons (Fsp3) is 0.333.